The Bertz CT molecular complexity index is 912. The van der Waals surface area contributed by atoms with Crippen molar-refractivity contribution < 1.29 is 9.07 Å². The predicted molar refractivity (Wildman–Crippen MR) is 87.1 cm³/mol. The lowest BCUT2D eigenvalue weighted by Crippen LogP contribution is -2.50. The number of hydrogen-bond donors (Lipinski definition) is 2. The molecule has 7 heteroatoms. The molecule has 0 saturated carbocycles. The number of hydrogen-bond acceptors (Lipinski definition) is 4. The van der Waals surface area contributed by atoms with Gasteiger partial charge in [0.1, 0.15) is 5.82 Å². The molecule has 2 aromatic heterocycles. The minimum Gasteiger partial charge on any atom is -0.317 e. The molecule has 0 aliphatic rings. The van der Waals surface area contributed by atoms with E-state index < -0.39 is 11.7 Å². The topological polar surface area (TPSA) is 79.5 Å². The fourth-order valence-corrected chi connectivity index (χ4v) is 2.52. The SMILES string of the molecule is CC(C(=N)[n+]1nc(Cl)ccc1N)c1cc2cccnc2cc1F. The highest BCUT2D eigenvalue weighted by Gasteiger charge is 2.25. The van der Waals surface area contributed by atoms with Crippen LogP contribution in [0.4, 0.5) is 10.2 Å². The van der Waals surface area contributed by atoms with Crippen molar-refractivity contribution in [3.63, 3.8) is 0 Å². The number of nitrogens with one attached hydrogen (secondary N) is 1. The Kier molecular flexibility index (Phi) is 3.92. The summed E-state index contributed by atoms with van der Waals surface area (Å²) in [5, 5.41) is 13.3. The first kappa shape index (κ1) is 15.3. The summed E-state index contributed by atoms with van der Waals surface area (Å²) >= 11 is 5.85. The molecule has 0 bridgehead atoms. The number of aromatic nitrogens is 3. The minimum absolute atomic E-state index is 0.0344. The number of nitrogens with two attached hydrogens (primary N) is 1. The lowest BCUT2D eigenvalue weighted by Gasteiger charge is -2.13. The van der Waals surface area contributed by atoms with Crippen LogP contribution in [0.25, 0.3) is 10.9 Å². The molecule has 0 saturated heterocycles. The zero-order valence-electron chi connectivity index (χ0n) is 12.3. The maximum atomic E-state index is 14.4. The number of pyridine rings is 1. The van der Waals surface area contributed by atoms with Crippen molar-refractivity contribution in [1.82, 2.24) is 10.1 Å². The molecule has 2 heterocycles. The highest BCUT2D eigenvalue weighted by Crippen LogP contribution is 2.24. The average Bonchev–Trinajstić information content (AvgIpc) is 2.55. The number of anilines is 1. The van der Waals surface area contributed by atoms with Crippen molar-refractivity contribution >= 4 is 34.2 Å². The van der Waals surface area contributed by atoms with Gasteiger partial charge in [0, 0.05) is 29.3 Å². The summed E-state index contributed by atoms with van der Waals surface area (Å²) in [6.07, 6.45) is 1.61. The second-order valence-corrected chi connectivity index (χ2v) is 5.56. The van der Waals surface area contributed by atoms with Gasteiger partial charge in [0.2, 0.25) is 5.82 Å². The quantitative estimate of drug-likeness (QED) is 0.431. The van der Waals surface area contributed by atoms with E-state index in [0.717, 1.165) is 5.39 Å². The van der Waals surface area contributed by atoms with Crippen LogP contribution in [0, 0.1) is 11.2 Å². The summed E-state index contributed by atoms with van der Waals surface area (Å²) in [5.41, 5.74) is 6.78. The van der Waals surface area contributed by atoms with Crippen LogP contribution in [0.15, 0.2) is 42.6 Å². The summed E-state index contributed by atoms with van der Waals surface area (Å²) in [6, 6.07) is 9.78. The molecule has 0 aliphatic heterocycles. The molecule has 1 aromatic carbocycles. The molecule has 3 N–H and O–H groups in total. The molecule has 116 valence electrons. The first-order chi connectivity index (χ1) is 11.0. The zero-order valence-corrected chi connectivity index (χ0v) is 13.0. The average molecular weight is 331 g/mol. The van der Waals surface area contributed by atoms with Crippen molar-refractivity contribution in [2.75, 3.05) is 5.73 Å². The fourth-order valence-electron chi connectivity index (χ4n) is 2.38. The Balaban J connectivity index is 2.05. The van der Waals surface area contributed by atoms with Gasteiger partial charge in [-0.25, -0.2) is 4.39 Å². The van der Waals surface area contributed by atoms with Crippen LogP contribution in [-0.4, -0.2) is 15.9 Å². The molecule has 3 rings (SSSR count). The van der Waals surface area contributed by atoms with Crippen molar-refractivity contribution in [3.8, 4) is 0 Å². The van der Waals surface area contributed by atoms with E-state index >= 15 is 0 Å². The Morgan fingerprint density at radius 3 is 2.91 bits per heavy atom. The Hall–Kier alpha value is -2.60. The van der Waals surface area contributed by atoms with Gasteiger partial charge in [0.25, 0.3) is 5.84 Å². The molecule has 0 radical (unpaired) electrons. The molecule has 0 aliphatic carbocycles. The molecular weight excluding hydrogens is 317 g/mol. The molecule has 1 atom stereocenters. The van der Waals surface area contributed by atoms with E-state index in [-0.39, 0.29) is 16.8 Å². The molecule has 23 heavy (non-hydrogen) atoms. The van der Waals surface area contributed by atoms with Gasteiger partial charge >= 0.3 is 0 Å². The monoisotopic (exact) mass is 330 g/mol. The Morgan fingerprint density at radius 2 is 2.13 bits per heavy atom. The second kappa shape index (κ2) is 5.89. The largest absolute Gasteiger partial charge is 0.317 e. The minimum atomic E-state index is -0.558. The van der Waals surface area contributed by atoms with E-state index in [9.17, 15) is 4.39 Å². The van der Waals surface area contributed by atoms with Crippen LogP contribution in [0.1, 0.15) is 18.4 Å². The van der Waals surface area contributed by atoms with Gasteiger partial charge in [-0.15, -0.1) is 4.68 Å². The second-order valence-electron chi connectivity index (χ2n) is 5.17. The van der Waals surface area contributed by atoms with E-state index in [1.165, 1.54) is 16.8 Å². The maximum absolute atomic E-state index is 14.4. The highest BCUT2D eigenvalue weighted by atomic mass is 35.5. The van der Waals surface area contributed by atoms with Crippen LogP contribution in [0.3, 0.4) is 0 Å². The van der Waals surface area contributed by atoms with Gasteiger partial charge in [-0.1, -0.05) is 22.8 Å². The normalized spacial score (nSPS) is 12.3. The van der Waals surface area contributed by atoms with E-state index in [0.29, 0.717) is 11.1 Å². The Labute approximate surface area is 137 Å². The predicted octanol–water partition coefficient (Wildman–Crippen LogP) is 2.92. The van der Waals surface area contributed by atoms with Gasteiger partial charge in [-0.05, 0) is 25.1 Å². The number of fused-ring (bicyclic) bond motifs is 1. The highest BCUT2D eigenvalue weighted by molar-refractivity contribution is 6.29. The summed E-state index contributed by atoms with van der Waals surface area (Å²) in [7, 11) is 0. The van der Waals surface area contributed by atoms with Crippen LogP contribution in [0.5, 0.6) is 0 Å². The number of halogens is 2. The van der Waals surface area contributed by atoms with Gasteiger partial charge < -0.3 is 5.73 Å². The molecule has 1 unspecified atom stereocenters. The van der Waals surface area contributed by atoms with Gasteiger partial charge in [-0.3, -0.25) is 4.98 Å². The third kappa shape index (κ3) is 2.85. The summed E-state index contributed by atoms with van der Waals surface area (Å²) in [6.45, 7) is 1.72. The standard InChI is InChI=1S/C16H13ClFN5/c1-9(16(20)23-15(19)5-4-14(17)22-23)11-7-10-3-2-6-21-13(10)8-12(11)18/h2-9,19-20H,1H3/p+1. The van der Waals surface area contributed by atoms with Gasteiger partial charge in [-0.2, -0.15) is 5.41 Å². The maximum Gasteiger partial charge on any atom is 0.261 e. The van der Waals surface area contributed by atoms with Crippen molar-refractivity contribution in [2.45, 2.75) is 12.8 Å². The molecular formula is C16H14ClFN5+. The zero-order chi connectivity index (χ0) is 16.6. The van der Waals surface area contributed by atoms with Crippen LogP contribution in [-0.2, 0) is 0 Å². The summed E-state index contributed by atoms with van der Waals surface area (Å²) < 4.78 is 15.6. The third-order valence-electron chi connectivity index (χ3n) is 3.66. The molecule has 0 fully saturated rings. The molecule has 0 spiro atoms. The number of benzene rings is 1. The Morgan fingerprint density at radius 1 is 1.35 bits per heavy atom. The first-order valence-corrected chi connectivity index (χ1v) is 7.32. The van der Waals surface area contributed by atoms with Crippen LogP contribution >= 0.6 is 11.6 Å². The van der Waals surface area contributed by atoms with E-state index in [1.54, 1.807) is 31.3 Å². The molecule has 0 amide bonds. The molecule has 3 aromatic rings. The van der Waals surface area contributed by atoms with Crippen molar-refractivity contribution in [1.29, 1.82) is 5.41 Å². The number of rotatable bonds is 2. The van der Waals surface area contributed by atoms with E-state index in [1.807, 2.05) is 6.07 Å². The van der Waals surface area contributed by atoms with Crippen molar-refractivity contribution in [3.05, 3.63) is 59.1 Å². The molecule has 5 nitrogen and oxygen atoms in total. The number of nitrogens with zero attached hydrogens (tertiary/aromatic N) is 3. The fraction of sp³-hybridized carbons (Fsp3) is 0.125. The van der Waals surface area contributed by atoms with Gasteiger partial charge in [0.05, 0.1) is 11.4 Å². The van der Waals surface area contributed by atoms with E-state index in [4.69, 9.17) is 22.7 Å². The number of nitrogen functional groups attached to an aromatic ring is 1. The van der Waals surface area contributed by atoms with E-state index in [2.05, 4.69) is 10.1 Å². The van der Waals surface area contributed by atoms with Crippen molar-refractivity contribution in [2.24, 2.45) is 0 Å². The first-order valence-electron chi connectivity index (χ1n) is 6.94. The lowest BCUT2D eigenvalue weighted by atomic mass is 9.97. The third-order valence-corrected chi connectivity index (χ3v) is 3.86. The van der Waals surface area contributed by atoms with Crippen LogP contribution in [0.2, 0.25) is 5.15 Å². The summed E-state index contributed by atoms with van der Waals surface area (Å²) in [5.74, 6) is -0.686. The van der Waals surface area contributed by atoms with Gasteiger partial charge in [0.15, 0.2) is 5.15 Å². The smallest absolute Gasteiger partial charge is 0.261 e. The lowest BCUT2D eigenvalue weighted by molar-refractivity contribution is -0.610. The van der Waals surface area contributed by atoms with Crippen LogP contribution < -0.4 is 10.4 Å². The summed E-state index contributed by atoms with van der Waals surface area (Å²) in [4.78, 5) is 4.12.